The molecule has 0 aliphatic heterocycles. The van der Waals surface area contributed by atoms with Crippen molar-refractivity contribution in [1.29, 1.82) is 0 Å². The highest BCUT2D eigenvalue weighted by atomic mass is 16.4. The van der Waals surface area contributed by atoms with Crippen LogP contribution in [0.15, 0.2) is 82.0 Å². The van der Waals surface area contributed by atoms with E-state index < -0.39 is 11.5 Å². The Bertz CT molecular complexity index is 1130. The normalized spacial score (nSPS) is 10.8. The number of benzene rings is 3. The van der Waals surface area contributed by atoms with Crippen LogP contribution in [0.3, 0.4) is 0 Å². The molecule has 116 valence electrons. The summed E-state index contributed by atoms with van der Waals surface area (Å²) in [5, 5.41) is 6.02. The van der Waals surface area contributed by atoms with E-state index in [2.05, 4.69) is 5.32 Å². The third-order valence-electron chi connectivity index (χ3n) is 3.90. The Morgan fingerprint density at radius 3 is 2.33 bits per heavy atom. The summed E-state index contributed by atoms with van der Waals surface area (Å²) in [6.07, 6.45) is 0. The topological polar surface area (TPSA) is 59.3 Å². The van der Waals surface area contributed by atoms with Crippen molar-refractivity contribution >= 4 is 33.1 Å². The molecule has 1 heterocycles. The minimum atomic E-state index is -0.517. The number of amides is 1. The highest BCUT2D eigenvalue weighted by Crippen LogP contribution is 2.20. The summed E-state index contributed by atoms with van der Waals surface area (Å²) in [5.41, 5.74) is 0.131. The second-order valence-electron chi connectivity index (χ2n) is 5.50. The Morgan fingerprint density at radius 1 is 0.792 bits per heavy atom. The Kier molecular flexibility index (Phi) is 3.35. The molecule has 0 saturated carbocycles. The van der Waals surface area contributed by atoms with Gasteiger partial charge in [-0.1, -0.05) is 48.5 Å². The molecule has 0 aliphatic rings. The summed E-state index contributed by atoms with van der Waals surface area (Å²) in [5.74, 6) is -0.458. The number of carbonyl (C=O) groups excluding carboxylic acids is 1. The molecule has 4 heteroatoms. The maximum Gasteiger partial charge on any atom is 0.344 e. The minimum Gasteiger partial charge on any atom is -0.417 e. The molecule has 1 amide bonds. The van der Waals surface area contributed by atoms with Crippen LogP contribution in [0.2, 0.25) is 0 Å². The number of carbonyl (C=O) groups is 1. The number of nitrogens with one attached hydrogen (secondary N) is 1. The maximum absolute atomic E-state index is 12.4. The molecule has 1 N–H and O–H groups in total. The van der Waals surface area contributed by atoms with Crippen LogP contribution < -0.4 is 10.9 Å². The zero-order chi connectivity index (χ0) is 16.5. The largest absolute Gasteiger partial charge is 0.417 e. The highest BCUT2D eigenvalue weighted by Gasteiger charge is 2.12. The average molecular weight is 315 g/mol. The number of hydrogen-bond acceptors (Lipinski definition) is 3. The molecule has 0 bridgehead atoms. The van der Waals surface area contributed by atoms with Crippen LogP contribution in [0.1, 0.15) is 10.6 Å². The summed E-state index contributed by atoms with van der Waals surface area (Å²) in [7, 11) is 0. The van der Waals surface area contributed by atoms with E-state index in [-0.39, 0.29) is 5.76 Å². The van der Waals surface area contributed by atoms with Crippen LogP contribution in [-0.4, -0.2) is 5.91 Å². The molecule has 0 spiro atoms. The third kappa shape index (κ3) is 2.54. The van der Waals surface area contributed by atoms with Gasteiger partial charge in [-0.2, -0.15) is 0 Å². The number of fused-ring (bicyclic) bond motifs is 2. The van der Waals surface area contributed by atoms with Gasteiger partial charge in [-0.15, -0.1) is 0 Å². The molecular formula is C20H13NO3. The van der Waals surface area contributed by atoms with Crippen molar-refractivity contribution in [3.05, 3.63) is 89.0 Å². The van der Waals surface area contributed by atoms with E-state index in [1.165, 1.54) is 0 Å². The highest BCUT2D eigenvalue weighted by molar-refractivity contribution is 6.04. The van der Waals surface area contributed by atoms with Crippen LogP contribution in [0.25, 0.3) is 21.5 Å². The molecule has 4 nitrogen and oxygen atoms in total. The van der Waals surface area contributed by atoms with Crippen LogP contribution in [0.4, 0.5) is 5.69 Å². The number of hydrogen-bond donors (Lipinski definition) is 1. The first-order valence-corrected chi connectivity index (χ1v) is 7.54. The van der Waals surface area contributed by atoms with Crippen molar-refractivity contribution in [3.63, 3.8) is 0 Å². The molecule has 0 saturated heterocycles. The van der Waals surface area contributed by atoms with Gasteiger partial charge in [0.25, 0.3) is 5.91 Å². The fraction of sp³-hybridized carbons (Fsp3) is 0. The second kappa shape index (κ2) is 5.66. The fourth-order valence-corrected chi connectivity index (χ4v) is 2.71. The summed E-state index contributed by atoms with van der Waals surface area (Å²) >= 11 is 0. The molecule has 0 aliphatic carbocycles. The second-order valence-corrected chi connectivity index (χ2v) is 5.50. The van der Waals surface area contributed by atoms with Crippen molar-refractivity contribution < 1.29 is 9.21 Å². The summed E-state index contributed by atoms with van der Waals surface area (Å²) in [6, 6.07) is 22.1. The standard InChI is InChI=1S/C20H13NO3/c22-19(18-12-15-7-3-4-8-17(15)20(23)24-18)21-16-10-9-13-5-1-2-6-14(13)11-16/h1-12H,(H,21,22). The molecule has 4 aromatic rings. The van der Waals surface area contributed by atoms with Crippen molar-refractivity contribution in [1.82, 2.24) is 0 Å². The van der Waals surface area contributed by atoms with Crippen molar-refractivity contribution in [2.45, 2.75) is 0 Å². The summed E-state index contributed by atoms with van der Waals surface area (Å²) in [6.45, 7) is 0. The molecule has 24 heavy (non-hydrogen) atoms. The van der Waals surface area contributed by atoms with E-state index in [0.29, 0.717) is 16.5 Å². The molecule has 0 fully saturated rings. The molecule has 1 aromatic heterocycles. The van der Waals surface area contributed by atoms with Gasteiger partial charge in [-0.25, -0.2) is 4.79 Å². The van der Waals surface area contributed by atoms with Gasteiger partial charge in [-0.05, 0) is 40.4 Å². The molecular weight excluding hydrogens is 302 g/mol. The van der Waals surface area contributed by atoms with Crippen LogP contribution >= 0.6 is 0 Å². The van der Waals surface area contributed by atoms with E-state index in [9.17, 15) is 9.59 Å². The zero-order valence-electron chi connectivity index (χ0n) is 12.7. The number of rotatable bonds is 2. The average Bonchev–Trinajstić information content (AvgIpc) is 2.61. The van der Waals surface area contributed by atoms with E-state index in [0.717, 1.165) is 10.8 Å². The Labute approximate surface area is 137 Å². The maximum atomic E-state index is 12.4. The van der Waals surface area contributed by atoms with E-state index >= 15 is 0 Å². The lowest BCUT2D eigenvalue weighted by molar-refractivity contribution is 0.0993. The molecule has 3 aromatic carbocycles. The number of anilines is 1. The van der Waals surface area contributed by atoms with Gasteiger partial charge in [0.15, 0.2) is 5.76 Å². The lowest BCUT2D eigenvalue weighted by Gasteiger charge is -2.06. The lowest BCUT2D eigenvalue weighted by atomic mass is 10.1. The van der Waals surface area contributed by atoms with Crippen LogP contribution in [-0.2, 0) is 0 Å². The summed E-state index contributed by atoms with van der Waals surface area (Å²) in [4.78, 5) is 24.4. The van der Waals surface area contributed by atoms with Crippen molar-refractivity contribution in [2.75, 3.05) is 5.32 Å². The first-order valence-electron chi connectivity index (χ1n) is 7.54. The monoisotopic (exact) mass is 315 g/mol. The first-order chi connectivity index (χ1) is 11.7. The van der Waals surface area contributed by atoms with Crippen LogP contribution in [0.5, 0.6) is 0 Å². The molecule has 4 rings (SSSR count). The Morgan fingerprint density at radius 2 is 1.50 bits per heavy atom. The Hall–Kier alpha value is -3.40. The minimum absolute atomic E-state index is 0.00754. The zero-order valence-corrected chi connectivity index (χ0v) is 12.7. The predicted molar refractivity (Wildman–Crippen MR) is 94.4 cm³/mol. The van der Waals surface area contributed by atoms with Gasteiger partial charge < -0.3 is 9.73 Å². The van der Waals surface area contributed by atoms with Gasteiger partial charge in [0.1, 0.15) is 0 Å². The van der Waals surface area contributed by atoms with Gasteiger partial charge in [0.2, 0.25) is 0 Å². The molecule has 0 atom stereocenters. The van der Waals surface area contributed by atoms with Gasteiger partial charge in [0.05, 0.1) is 5.39 Å². The van der Waals surface area contributed by atoms with Gasteiger partial charge in [0, 0.05) is 5.69 Å². The van der Waals surface area contributed by atoms with Crippen LogP contribution in [0, 0.1) is 0 Å². The smallest absolute Gasteiger partial charge is 0.344 e. The predicted octanol–water partition coefficient (Wildman–Crippen LogP) is 4.20. The molecule has 0 radical (unpaired) electrons. The SMILES string of the molecule is O=C(Nc1ccc2ccccc2c1)c1cc2ccccc2c(=O)o1. The van der Waals surface area contributed by atoms with Gasteiger partial charge >= 0.3 is 5.63 Å². The molecule has 0 unspecified atom stereocenters. The van der Waals surface area contributed by atoms with E-state index in [1.807, 2.05) is 48.5 Å². The fourth-order valence-electron chi connectivity index (χ4n) is 2.71. The quantitative estimate of drug-likeness (QED) is 0.603. The van der Waals surface area contributed by atoms with E-state index in [4.69, 9.17) is 4.42 Å². The van der Waals surface area contributed by atoms with Crippen molar-refractivity contribution in [3.8, 4) is 0 Å². The third-order valence-corrected chi connectivity index (χ3v) is 3.90. The van der Waals surface area contributed by atoms with E-state index in [1.54, 1.807) is 24.3 Å². The first kappa shape index (κ1) is 14.2. The van der Waals surface area contributed by atoms with Gasteiger partial charge in [-0.3, -0.25) is 4.79 Å². The lowest BCUT2D eigenvalue weighted by Crippen LogP contribution is -2.14. The summed E-state index contributed by atoms with van der Waals surface area (Å²) < 4.78 is 5.14. The van der Waals surface area contributed by atoms with Crippen molar-refractivity contribution in [2.24, 2.45) is 0 Å². The Balaban J connectivity index is 1.69.